The number of benzene rings is 2. The zero-order valence-electron chi connectivity index (χ0n) is 12.5. The number of halogens is 4. The molecule has 0 heterocycles. The number of anilines is 1. The van der Waals surface area contributed by atoms with Crippen LogP contribution in [0, 0.1) is 15.9 Å². The van der Waals surface area contributed by atoms with Crippen molar-refractivity contribution in [1.29, 1.82) is 0 Å². The number of ether oxygens (including phenoxy) is 1. The molecule has 2 aromatic carbocycles. The van der Waals surface area contributed by atoms with Crippen molar-refractivity contribution in [1.82, 2.24) is 0 Å². The van der Waals surface area contributed by atoms with Crippen molar-refractivity contribution in [2.45, 2.75) is 6.18 Å². The highest BCUT2D eigenvalue weighted by Gasteiger charge is 2.40. The first-order chi connectivity index (χ1) is 12.1. The van der Waals surface area contributed by atoms with Gasteiger partial charge in [-0.1, -0.05) is 0 Å². The average molecular weight is 372 g/mol. The fourth-order valence-electron chi connectivity index (χ4n) is 1.81. The van der Waals surface area contributed by atoms with E-state index in [1.165, 1.54) is 29.6 Å². The lowest BCUT2D eigenvalue weighted by atomic mass is 10.2. The van der Waals surface area contributed by atoms with E-state index < -0.39 is 39.9 Å². The lowest BCUT2D eigenvalue weighted by molar-refractivity contribution is -0.384. The van der Waals surface area contributed by atoms with E-state index in [4.69, 9.17) is 4.74 Å². The molecule has 26 heavy (non-hydrogen) atoms. The summed E-state index contributed by atoms with van der Waals surface area (Å²) in [7, 11) is 0. The minimum Gasteiger partial charge on any atom is -0.454 e. The average Bonchev–Trinajstić information content (AvgIpc) is 2.57. The Morgan fingerprint density at radius 3 is 2.31 bits per heavy atom. The molecule has 0 bridgehead atoms. The maximum atomic E-state index is 14.0. The summed E-state index contributed by atoms with van der Waals surface area (Å²) in [5.41, 5.74) is -1.68. The predicted octanol–water partition coefficient (Wildman–Crippen LogP) is 3.84. The van der Waals surface area contributed by atoms with Gasteiger partial charge >= 0.3 is 12.1 Å². The smallest absolute Gasteiger partial charge is 0.454 e. The molecule has 0 aliphatic rings. The summed E-state index contributed by atoms with van der Waals surface area (Å²) >= 11 is 0. The molecular formula is C15H8F4N2O5. The summed E-state index contributed by atoms with van der Waals surface area (Å²) in [6, 6.07) is 6.10. The van der Waals surface area contributed by atoms with Gasteiger partial charge in [0, 0.05) is 11.6 Å². The van der Waals surface area contributed by atoms with Crippen LogP contribution in [0.3, 0.4) is 0 Å². The first-order valence-electron chi connectivity index (χ1n) is 6.71. The standard InChI is InChI=1S/C15H8F4N2O5/c16-10-5-12(21(24)25)11(20-14(23)15(17,18)19)6-13(10)26-9-3-1-8(7-22)2-4-9/h1-7H,(H,20,23). The van der Waals surface area contributed by atoms with Gasteiger partial charge in [0.2, 0.25) is 0 Å². The Kier molecular flexibility index (Phi) is 5.19. The summed E-state index contributed by atoms with van der Waals surface area (Å²) in [5.74, 6) is -4.35. The largest absolute Gasteiger partial charge is 0.471 e. The van der Waals surface area contributed by atoms with E-state index >= 15 is 0 Å². The third-order valence-corrected chi connectivity index (χ3v) is 3.00. The van der Waals surface area contributed by atoms with E-state index in [1.54, 1.807) is 0 Å². The van der Waals surface area contributed by atoms with Crippen LogP contribution in [-0.2, 0) is 4.79 Å². The minimum atomic E-state index is -5.30. The Morgan fingerprint density at radius 1 is 1.19 bits per heavy atom. The van der Waals surface area contributed by atoms with Crippen molar-refractivity contribution < 1.29 is 36.8 Å². The quantitative estimate of drug-likeness (QED) is 0.372. The molecule has 0 saturated carbocycles. The van der Waals surface area contributed by atoms with Crippen LogP contribution < -0.4 is 10.1 Å². The number of hydrogen-bond acceptors (Lipinski definition) is 5. The van der Waals surface area contributed by atoms with Gasteiger partial charge in [-0.2, -0.15) is 13.2 Å². The van der Waals surface area contributed by atoms with Gasteiger partial charge < -0.3 is 10.1 Å². The lowest BCUT2D eigenvalue weighted by Crippen LogP contribution is -2.30. The summed E-state index contributed by atoms with van der Waals surface area (Å²) in [4.78, 5) is 31.3. The maximum Gasteiger partial charge on any atom is 0.471 e. The van der Waals surface area contributed by atoms with Gasteiger partial charge in [-0.15, -0.1) is 0 Å². The van der Waals surface area contributed by atoms with Gasteiger partial charge in [0.1, 0.15) is 17.7 Å². The van der Waals surface area contributed by atoms with Crippen LogP contribution >= 0.6 is 0 Å². The number of nitrogens with one attached hydrogen (secondary N) is 1. The molecule has 1 N–H and O–H groups in total. The highest BCUT2D eigenvalue weighted by Crippen LogP contribution is 2.35. The molecule has 0 spiro atoms. The van der Waals surface area contributed by atoms with Gasteiger partial charge in [0.05, 0.1) is 11.0 Å². The molecular weight excluding hydrogens is 364 g/mol. The van der Waals surface area contributed by atoms with E-state index in [0.29, 0.717) is 24.0 Å². The molecule has 1 amide bonds. The molecule has 7 nitrogen and oxygen atoms in total. The molecule has 0 aliphatic carbocycles. The third kappa shape index (κ3) is 4.32. The summed E-state index contributed by atoms with van der Waals surface area (Å²) in [6.45, 7) is 0. The third-order valence-electron chi connectivity index (χ3n) is 3.00. The molecule has 136 valence electrons. The van der Waals surface area contributed by atoms with E-state index in [0.717, 1.165) is 0 Å². The number of rotatable bonds is 5. The SMILES string of the molecule is O=Cc1ccc(Oc2cc(NC(=O)C(F)(F)F)c([N+](=O)[O-])cc2F)cc1. The Morgan fingerprint density at radius 2 is 1.81 bits per heavy atom. The number of amides is 1. The van der Waals surface area contributed by atoms with Gasteiger partial charge in [-0.25, -0.2) is 4.39 Å². The Hall–Kier alpha value is -3.50. The fourth-order valence-corrected chi connectivity index (χ4v) is 1.81. The van der Waals surface area contributed by atoms with Crippen LogP contribution in [0.4, 0.5) is 28.9 Å². The van der Waals surface area contributed by atoms with Gasteiger partial charge in [-0.05, 0) is 24.3 Å². The number of hydrogen-bond donors (Lipinski definition) is 1. The number of carbonyl (C=O) groups excluding carboxylic acids is 2. The van der Waals surface area contributed by atoms with Gasteiger partial charge in [0.15, 0.2) is 11.6 Å². The van der Waals surface area contributed by atoms with Crippen molar-refractivity contribution in [2.24, 2.45) is 0 Å². The molecule has 11 heteroatoms. The molecule has 0 saturated heterocycles. The Balaban J connectivity index is 2.40. The summed E-state index contributed by atoms with van der Waals surface area (Å²) in [5, 5.41) is 12.2. The zero-order chi connectivity index (χ0) is 19.5. The van der Waals surface area contributed by atoms with Crippen LogP contribution in [0.5, 0.6) is 11.5 Å². The highest BCUT2D eigenvalue weighted by molar-refractivity contribution is 5.97. The molecule has 0 aromatic heterocycles. The number of nitro benzene ring substituents is 1. The van der Waals surface area contributed by atoms with Crippen LogP contribution in [0.1, 0.15) is 10.4 Å². The van der Waals surface area contributed by atoms with Crippen molar-refractivity contribution in [3.05, 3.63) is 57.9 Å². The lowest BCUT2D eigenvalue weighted by Gasteiger charge is -2.12. The van der Waals surface area contributed by atoms with Gasteiger partial charge in [-0.3, -0.25) is 19.7 Å². The fraction of sp³-hybridized carbons (Fsp3) is 0.0667. The molecule has 0 aliphatic heterocycles. The van der Waals surface area contributed by atoms with Crippen molar-refractivity contribution in [3.8, 4) is 11.5 Å². The van der Waals surface area contributed by atoms with Crippen molar-refractivity contribution in [3.63, 3.8) is 0 Å². The number of alkyl halides is 3. The summed E-state index contributed by atoms with van der Waals surface area (Å²) < 4.78 is 56.1. The Labute approximate surface area is 142 Å². The Bertz CT molecular complexity index is 866. The monoisotopic (exact) mass is 372 g/mol. The number of carbonyl (C=O) groups is 2. The molecule has 0 atom stereocenters. The summed E-state index contributed by atoms with van der Waals surface area (Å²) in [6.07, 6.45) is -4.76. The number of nitro groups is 1. The second kappa shape index (κ2) is 7.17. The normalized spacial score (nSPS) is 10.9. The molecule has 0 fully saturated rings. The topological polar surface area (TPSA) is 98.5 Å². The van der Waals surface area contributed by atoms with E-state index in [-0.39, 0.29) is 5.75 Å². The van der Waals surface area contributed by atoms with Crippen LogP contribution in [0.25, 0.3) is 0 Å². The van der Waals surface area contributed by atoms with Crippen LogP contribution in [0.15, 0.2) is 36.4 Å². The minimum absolute atomic E-state index is 0.0106. The number of aldehydes is 1. The zero-order valence-corrected chi connectivity index (χ0v) is 12.5. The molecule has 0 radical (unpaired) electrons. The molecule has 2 aromatic rings. The predicted molar refractivity (Wildman–Crippen MR) is 79.6 cm³/mol. The van der Waals surface area contributed by atoms with E-state index in [2.05, 4.69) is 0 Å². The highest BCUT2D eigenvalue weighted by atomic mass is 19.4. The first-order valence-corrected chi connectivity index (χ1v) is 6.71. The molecule has 2 rings (SSSR count). The number of nitrogens with zero attached hydrogens (tertiary/aromatic N) is 1. The second-order valence-electron chi connectivity index (χ2n) is 4.80. The van der Waals surface area contributed by atoms with Crippen molar-refractivity contribution >= 4 is 23.6 Å². The van der Waals surface area contributed by atoms with Crippen LogP contribution in [0.2, 0.25) is 0 Å². The first kappa shape index (κ1) is 18.8. The van der Waals surface area contributed by atoms with E-state index in [9.17, 15) is 37.3 Å². The van der Waals surface area contributed by atoms with E-state index in [1.807, 2.05) is 0 Å². The van der Waals surface area contributed by atoms with Crippen LogP contribution in [-0.4, -0.2) is 23.3 Å². The van der Waals surface area contributed by atoms with Crippen molar-refractivity contribution in [2.75, 3.05) is 5.32 Å². The maximum absolute atomic E-state index is 14.0. The second-order valence-corrected chi connectivity index (χ2v) is 4.80. The van der Waals surface area contributed by atoms with Gasteiger partial charge in [0.25, 0.3) is 5.69 Å². The molecule has 0 unspecified atom stereocenters.